The van der Waals surface area contributed by atoms with Gasteiger partial charge in [0.15, 0.2) is 6.54 Å². The van der Waals surface area contributed by atoms with Gasteiger partial charge in [-0.3, -0.25) is 4.58 Å². The zero-order chi connectivity index (χ0) is 20.4. The van der Waals surface area contributed by atoms with Gasteiger partial charge in [-0.05, 0) is 55.7 Å². The maximum atomic E-state index is 12.7. The van der Waals surface area contributed by atoms with E-state index in [1.807, 2.05) is 29.2 Å². The van der Waals surface area contributed by atoms with E-state index < -0.39 is 11.5 Å². The Morgan fingerprint density at radius 2 is 1.79 bits per heavy atom. The third kappa shape index (κ3) is 3.98. The number of alkyl halides is 2. The molecular weight excluding hydrogens is 394 g/mol. The number of ether oxygens (including phenoxy) is 1. The molecule has 1 N–H and O–H groups in total. The molecule has 2 aliphatic rings. The summed E-state index contributed by atoms with van der Waals surface area (Å²) in [7, 11) is 1.63. The third-order valence-corrected chi connectivity index (χ3v) is 6.33. The van der Waals surface area contributed by atoms with Crippen molar-refractivity contribution in [1.29, 1.82) is 0 Å². The van der Waals surface area contributed by atoms with Crippen molar-refractivity contribution < 1.29 is 23.2 Å². The van der Waals surface area contributed by atoms with Crippen molar-refractivity contribution in [2.75, 3.05) is 25.1 Å². The highest BCUT2D eigenvalue weighted by atomic mass is 32.2. The Kier molecular flexibility index (Phi) is 5.79. The highest BCUT2D eigenvalue weighted by molar-refractivity contribution is 7.99. The molecule has 0 aromatic heterocycles. The van der Waals surface area contributed by atoms with Gasteiger partial charge in [0.2, 0.25) is 0 Å². The lowest BCUT2D eigenvalue weighted by Crippen LogP contribution is -2.47. The molecule has 7 heteroatoms. The van der Waals surface area contributed by atoms with Gasteiger partial charge in [0.1, 0.15) is 11.4 Å². The molecule has 4 nitrogen and oxygen atoms in total. The van der Waals surface area contributed by atoms with Crippen molar-refractivity contribution in [2.45, 2.75) is 42.1 Å². The van der Waals surface area contributed by atoms with Gasteiger partial charge in [-0.2, -0.15) is 13.7 Å². The molecule has 1 atom stereocenters. The van der Waals surface area contributed by atoms with E-state index in [1.165, 1.54) is 6.42 Å². The fraction of sp³-hybridized carbons (Fsp3) is 0.409. The lowest BCUT2D eigenvalue weighted by Gasteiger charge is -2.29. The molecule has 2 aromatic carbocycles. The van der Waals surface area contributed by atoms with Crippen LogP contribution in [0.25, 0.3) is 0 Å². The fourth-order valence-electron chi connectivity index (χ4n) is 4.24. The quantitative estimate of drug-likeness (QED) is 0.565. The van der Waals surface area contributed by atoms with E-state index in [-0.39, 0.29) is 0 Å². The van der Waals surface area contributed by atoms with Crippen LogP contribution in [0.15, 0.2) is 53.4 Å². The number of hydrogen-bond donors (Lipinski definition) is 1. The fourth-order valence-corrected chi connectivity index (χ4v) is 4.74. The molecule has 154 valence electrons. The van der Waals surface area contributed by atoms with Gasteiger partial charge in [-0.15, -0.1) is 0 Å². The van der Waals surface area contributed by atoms with Gasteiger partial charge in [0.25, 0.3) is 17.3 Å². The van der Waals surface area contributed by atoms with Crippen LogP contribution >= 0.6 is 11.8 Å². The number of anilines is 1. The monoisotopic (exact) mass is 419 g/mol. The Morgan fingerprint density at radius 3 is 2.45 bits per heavy atom. The molecule has 0 fully saturated rings. The summed E-state index contributed by atoms with van der Waals surface area (Å²) in [5, 5.41) is 11.9. The molecule has 1 unspecified atom stereocenters. The maximum Gasteiger partial charge on any atom is 0.288 e. The topological polar surface area (TPSA) is 35.7 Å². The molecule has 0 amide bonds. The Balaban J connectivity index is 1.73. The first-order valence-electron chi connectivity index (χ1n) is 9.84. The second-order valence-corrected chi connectivity index (χ2v) is 8.46. The summed E-state index contributed by atoms with van der Waals surface area (Å²) < 4.78 is 32.9. The van der Waals surface area contributed by atoms with Gasteiger partial charge in [0.05, 0.1) is 13.7 Å². The largest absolute Gasteiger partial charge is 0.497 e. The average Bonchev–Trinajstić information content (AvgIpc) is 2.84. The number of nitrogens with zero attached hydrogens (tertiary/aromatic N) is 2. The number of benzene rings is 2. The normalized spacial score (nSPS) is 22.0. The summed E-state index contributed by atoms with van der Waals surface area (Å²) in [4.78, 5) is 2.50. The summed E-state index contributed by atoms with van der Waals surface area (Å²) in [5.74, 6) is -0.590. The summed E-state index contributed by atoms with van der Waals surface area (Å²) in [6, 6.07) is 14.5. The molecule has 2 heterocycles. The minimum Gasteiger partial charge on any atom is -0.497 e. The van der Waals surface area contributed by atoms with Gasteiger partial charge in [-0.25, -0.2) is 0 Å². The van der Waals surface area contributed by atoms with Crippen LogP contribution in [0.2, 0.25) is 0 Å². The minimum atomic E-state index is -2.46. The van der Waals surface area contributed by atoms with Gasteiger partial charge >= 0.3 is 0 Å². The van der Waals surface area contributed by atoms with E-state index in [4.69, 9.17) is 4.74 Å². The zero-order valence-corrected chi connectivity index (χ0v) is 17.2. The average molecular weight is 420 g/mol. The van der Waals surface area contributed by atoms with Crippen molar-refractivity contribution in [2.24, 2.45) is 0 Å². The number of aliphatic hydroxyl groups is 1. The Morgan fingerprint density at radius 1 is 1.07 bits per heavy atom. The molecule has 0 bridgehead atoms. The zero-order valence-electron chi connectivity index (χ0n) is 16.4. The third-order valence-electron chi connectivity index (χ3n) is 5.61. The highest BCUT2D eigenvalue weighted by Crippen LogP contribution is 2.39. The van der Waals surface area contributed by atoms with Crippen LogP contribution in [0.1, 0.15) is 31.2 Å². The van der Waals surface area contributed by atoms with Crippen molar-refractivity contribution in [3.63, 3.8) is 0 Å². The van der Waals surface area contributed by atoms with Crippen molar-refractivity contribution in [1.82, 2.24) is 0 Å². The van der Waals surface area contributed by atoms with Crippen LogP contribution in [0.4, 0.5) is 14.5 Å². The molecule has 0 radical (unpaired) electrons. The Labute approximate surface area is 173 Å². The van der Waals surface area contributed by atoms with Crippen LogP contribution in [0.3, 0.4) is 0 Å². The molecule has 4 rings (SSSR count). The van der Waals surface area contributed by atoms with Crippen molar-refractivity contribution in [3.8, 4) is 5.75 Å². The molecule has 2 aliphatic heterocycles. The molecular formula is C22H25F2N2O2S+. The number of hydrogen-bond acceptors (Lipinski definition) is 4. The predicted molar refractivity (Wildman–Crippen MR) is 111 cm³/mol. The Bertz CT molecular complexity index is 887. The van der Waals surface area contributed by atoms with E-state index >= 15 is 0 Å². The van der Waals surface area contributed by atoms with E-state index in [9.17, 15) is 13.9 Å². The van der Waals surface area contributed by atoms with E-state index in [0.29, 0.717) is 28.8 Å². The lowest BCUT2D eigenvalue weighted by atomic mass is 10.00. The highest BCUT2D eigenvalue weighted by Gasteiger charge is 2.54. The second-order valence-electron chi connectivity index (χ2n) is 7.40. The van der Waals surface area contributed by atoms with Crippen LogP contribution in [-0.4, -0.2) is 41.5 Å². The smallest absolute Gasteiger partial charge is 0.288 e. The number of halogens is 2. The van der Waals surface area contributed by atoms with Gasteiger partial charge in [0, 0.05) is 16.9 Å². The van der Waals surface area contributed by atoms with E-state index in [0.717, 1.165) is 43.1 Å². The van der Waals surface area contributed by atoms with Gasteiger partial charge in [-0.1, -0.05) is 23.9 Å². The molecule has 2 aromatic rings. The number of rotatable bonds is 5. The summed E-state index contributed by atoms with van der Waals surface area (Å²) in [6.45, 7) is 1.36. The van der Waals surface area contributed by atoms with Crippen molar-refractivity contribution >= 4 is 23.3 Å². The molecule has 0 aliphatic carbocycles. The summed E-state index contributed by atoms with van der Waals surface area (Å²) in [6.07, 6.45) is 4.25. The lowest BCUT2D eigenvalue weighted by molar-refractivity contribution is -0.534. The Hall–Kier alpha value is -2.12. The van der Waals surface area contributed by atoms with Gasteiger partial charge < -0.3 is 9.84 Å². The molecule has 0 saturated heterocycles. The van der Waals surface area contributed by atoms with E-state index in [1.54, 1.807) is 31.4 Å². The van der Waals surface area contributed by atoms with Crippen LogP contribution in [0.5, 0.6) is 5.75 Å². The summed E-state index contributed by atoms with van der Waals surface area (Å²) in [5.41, 5.74) is 0.334. The molecule has 0 spiro atoms. The standard InChI is InChI=1S/C22H25F2N2O2S/c1-28-18-10-8-17(9-11-18)26-20-5-3-2-4-14-25(20)15-22(26,27)16-6-12-19(13-7-16)29-21(23)24/h6-13,21,27H,2-5,14-15H2,1H3/q+1. The van der Waals surface area contributed by atoms with E-state index in [2.05, 4.69) is 4.58 Å². The first-order chi connectivity index (χ1) is 14.0. The maximum absolute atomic E-state index is 12.7. The number of thioether (sulfide) groups is 1. The molecule has 29 heavy (non-hydrogen) atoms. The van der Waals surface area contributed by atoms with Crippen molar-refractivity contribution in [3.05, 3.63) is 54.1 Å². The predicted octanol–water partition coefficient (Wildman–Crippen LogP) is 4.66. The summed E-state index contributed by atoms with van der Waals surface area (Å²) >= 11 is 0.515. The molecule has 0 saturated carbocycles. The van der Waals surface area contributed by atoms with Crippen LogP contribution < -0.4 is 9.64 Å². The number of amidine groups is 1. The number of methoxy groups -OCH3 is 1. The van der Waals surface area contributed by atoms with Crippen LogP contribution in [-0.2, 0) is 5.72 Å². The SMILES string of the molecule is COc1ccc(N2C3=[N+](CCCCC3)CC2(O)c2ccc(SC(F)F)cc2)cc1. The second kappa shape index (κ2) is 8.32. The first-order valence-corrected chi connectivity index (χ1v) is 10.7. The first kappa shape index (κ1) is 20.2. The minimum absolute atomic E-state index is 0.454. The van der Waals surface area contributed by atoms with Crippen LogP contribution in [0, 0.1) is 0 Å².